The van der Waals surface area contributed by atoms with Gasteiger partial charge in [-0.1, -0.05) is 0 Å². The van der Waals surface area contributed by atoms with Crippen LogP contribution in [0.25, 0.3) is 0 Å². The summed E-state index contributed by atoms with van der Waals surface area (Å²) in [6, 6.07) is 0. The molecule has 0 heterocycles. The fraction of sp³-hybridized carbons (Fsp3) is 0. The monoisotopic (exact) mass is 644 g/mol. The minimum absolute atomic E-state index is 0. The number of rotatable bonds is 0. The summed E-state index contributed by atoms with van der Waals surface area (Å²) < 4.78 is 0. The van der Waals surface area contributed by atoms with Gasteiger partial charge in [0.15, 0.2) is 0 Å². The van der Waals surface area contributed by atoms with Gasteiger partial charge in [0.1, 0.15) is 0 Å². The van der Waals surface area contributed by atoms with Gasteiger partial charge in [-0.3, -0.25) is 0 Å². The van der Waals surface area contributed by atoms with Crippen LogP contribution in [0.1, 0.15) is 1.43 Å². The molecular formula is H31B10NaO30. The molecule has 0 aliphatic rings. The molecule has 0 saturated heterocycles. The van der Waals surface area contributed by atoms with Crippen molar-refractivity contribution in [3.05, 3.63) is 0 Å². The molecule has 41 heavy (non-hydrogen) atoms. The summed E-state index contributed by atoms with van der Waals surface area (Å²) in [6.07, 6.45) is 0. The van der Waals surface area contributed by atoms with Crippen LogP contribution in [0, 0.1) is 0 Å². The SMILES string of the molecule is OB(O)O.OB(O)O.OB(O)O.OB(O)O.OB(O)O.OB(O)O.OB(O)O.OB(O)O.OB(O)O.OB(O)O.[H-].[Na+]. The van der Waals surface area contributed by atoms with E-state index in [9.17, 15) is 0 Å². The minimum atomic E-state index is -2.17. The Morgan fingerprint density at radius 1 is 0.146 bits per heavy atom. The van der Waals surface area contributed by atoms with E-state index in [1.54, 1.807) is 0 Å². The zero-order valence-electron chi connectivity index (χ0n) is 21.2. The molecule has 30 nitrogen and oxygen atoms in total. The Labute approximate surface area is 254 Å². The van der Waals surface area contributed by atoms with E-state index in [0.29, 0.717) is 0 Å². The van der Waals surface area contributed by atoms with Crippen molar-refractivity contribution in [3.63, 3.8) is 0 Å². The van der Waals surface area contributed by atoms with E-state index >= 15 is 0 Å². The smallest absolute Gasteiger partial charge is 1.00 e. The van der Waals surface area contributed by atoms with Gasteiger partial charge < -0.3 is 152 Å². The Hall–Kier alpha value is 0.449. The van der Waals surface area contributed by atoms with Crippen LogP contribution < -0.4 is 29.6 Å². The van der Waals surface area contributed by atoms with Gasteiger partial charge in [0.2, 0.25) is 0 Å². The average molecular weight is 642 g/mol. The molecule has 0 fully saturated rings. The Morgan fingerprint density at radius 2 is 0.146 bits per heavy atom. The van der Waals surface area contributed by atoms with Crippen LogP contribution in [0.3, 0.4) is 0 Å². The normalized spacial score (nSPS) is 6.59. The van der Waals surface area contributed by atoms with Gasteiger partial charge in [-0.05, 0) is 0 Å². The molecule has 0 amide bonds. The molecule has 0 aromatic carbocycles. The Kier molecular flexibility index (Phi) is 121. The molecule has 0 aromatic rings. The maximum absolute atomic E-state index is 7.17. The summed E-state index contributed by atoms with van der Waals surface area (Å²) in [5.74, 6) is 0. The second-order valence-electron chi connectivity index (χ2n) is 3.46. The molecule has 0 atom stereocenters. The van der Waals surface area contributed by atoms with Crippen LogP contribution >= 0.6 is 0 Å². The van der Waals surface area contributed by atoms with Crippen LogP contribution in [0.4, 0.5) is 0 Å². The van der Waals surface area contributed by atoms with E-state index in [0.717, 1.165) is 0 Å². The van der Waals surface area contributed by atoms with E-state index in [1.807, 2.05) is 0 Å². The minimum Gasteiger partial charge on any atom is -1.00 e. The summed E-state index contributed by atoms with van der Waals surface area (Å²) in [7, 11) is -21.7. The summed E-state index contributed by atoms with van der Waals surface area (Å²) in [5, 5.41) is 215. The molecule has 0 aliphatic carbocycles. The molecule has 0 aliphatic heterocycles. The van der Waals surface area contributed by atoms with Crippen molar-refractivity contribution in [1.82, 2.24) is 0 Å². The molecule has 0 aromatic heterocycles. The van der Waals surface area contributed by atoms with E-state index in [1.165, 1.54) is 0 Å². The van der Waals surface area contributed by atoms with Crippen molar-refractivity contribution >= 4 is 73.2 Å². The Morgan fingerprint density at radius 3 is 0.146 bits per heavy atom. The average Bonchev–Trinajstić information content (AvgIpc) is 2.47. The van der Waals surface area contributed by atoms with Crippen molar-refractivity contribution in [3.8, 4) is 0 Å². The van der Waals surface area contributed by atoms with Gasteiger partial charge in [0, 0.05) is 0 Å². The predicted molar refractivity (Wildman–Crippen MR) is 125 cm³/mol. The first kappa shape index (κ1) is 73.1. The predicted octanol–water partition coefficient (Wildman–Crippen LogP) is -23.4. The molecule has 0 bridgehead atoms. The quantitative estimate of drug-likeness (QED) is 0.109. The van der Waals surface area contributed by atoms with E-state index in [-0.39, 0.29) is 31.0 Å². The first-order valence-corrected chi connectivity index (χ1v) is 7.75. The van der Waals surface area contributed by atoms with Gasteiger partial charge in [-0.2, -0.15) is 0 Å². The fourth-order valence-corrected chi connectivity index (χ4v) is 0. The molecule has 0 saturated carbocycles. The Balaban J connectivity index is -0.0000000237. The zero-order valence-corrected chi connectivity index (χ0v) is 22.2. The van der Waals surface area contributed by atoms with Crippen LogP contribution in [0.2, 0.25) is 0 Å². The van der Waals surface area contributed by atoms with Crippen LogP contribution in [-0.2, 0) is 0 Å². The first-order chi connectivity index (χ1) is 17.3. The van der Waals surface area contributed by atoms with Gasteiger partial charge >= 0.3 is 103 Å². The molecule has 41 heteroatoms. The molecule has 242 valence electrons. The molecule has 30 N–H and O–H groups in total. The van der Waals surface area contributed by atoms with Gasteiger partial charge in [-0.15, -0.1) is 0 Å². The van der Waals surface area contributed by atoms with Crippen molar-refractivity contribution in [2.24, 2.45) is 0 Å². The third-order valence-corrected chi connectivity index (χ3v) is 0. The largest absolute Gasteiger partial charge is 1.00 e. The third-order valence-electron chi connectivity index (χ3n) is 0. The zero-order chi connectivity index (χ0) is 35.8. The number of hydrogen-bond donors (Lipinski definition) is 30. The van der Waals surface area contributed by atoms with Crippen LogP contribution in [0.15, 0.2) is 0 Å². The molecular weight excluding hydrogens is 611 g/mol. The molecule has 0 unspecified atom stereocenters. The summed E-state index contributed by atoms with van der Waals surface area (Å²) in [6.45, 7) is 0. The fourth-order valence-electron chi connectivity index (χ4n) is 0. The molecule has 0 radical (unpaired) electrons. The second-order valence-corrected chi connectivity index (χ2v) is 3.46. The topological polar surface area (TPSA) is 607 Å². The summed E-state index contributed by atoms with van der Waals surface area (Å²) in [5.41, 5.74) is 0. The van der Waals surface area contributed by atoms with Gasteiger partial charge in [0.25, 0.3) is 0 Å². The van der Waals surface area contributed by atoms with E-state index in [2.05, 4.69) is 0 Å². The van der Waals surface area contributed by atoms with Gasteiger partial charge in [-0.25, -0.2) is 0 Å². The maximum Gasteiger partial charge on any atom is 1.00 e. The van der Waals surface area contributed by atoms with Crippen LogP contribution in [-0.4, -0.2) is 224 Å². The van der Waals surface area contributed by atoms with Crippen molar-refractivity contribution < 1.29 is 182 Å². The first-order valence-electron chi connectivity index (χ1n) is 7.75. The Bertz CT molecular complexity index is 193. The van der Waals surface area contributed by atoms with Crippen molar-refractivity contribution in [2.45, 2.75) is 0 Å². The summed E-state index contributed by atoms with van der Waals surface area (Å²) >= 11 is 0. The third kappa shape index (κ3) is 296000. The van der Waals surface area contributed by atoms with Crippen molar-refractivity contribution in [2.75, 3.05) is 0 Å². The molecule has 0 spiro atoms. The second kappa shape index (κ2) is 67.9. The van der Waals surface area contributed by atoms with Crippen molar-refractivity contribution in [1.29, 1.82) is 0 Å². The molecule has 0 rings (SSSR count). The maximum atomic E-state index is 7.17. The van der Waals surface area contributed by atoms with Gasteiger partial charge in [0.05, 0.1) is 0 Å². The summed E-state index contributed by atoms with van der Waals surface area (Å²) in [4.78, 5) is 0. The van der Waals surface area contributed by atoms with Crippen LogP contribution in [0.5, 0.6) is 0 Å². The van der Waals surface area contributed by atoms with E-state index in [4.69, 9.17) is 151 Å². The van der Waals surface area contributed by atoms with E-state index < -0.39 is 73.2 Å². The standard InChI is InChI=1S/10BH3O3.Na.H/c10*2-1(3)4;;/h10*2-4H;;/q;;;;;;;;;;+1;-1. The number of hydrogen-bond acceptors (Lipinski definition) is 30.